The lowest BCUT2D eigenvalue weighted by Gasteiger charge is -2.30. The van der Waals surface area contributed by atoms with E-state index in [0.29, 0.717) is 24.5 Å². The lowest BCUT2D eigenvalue weighted by atomic mass is 10.2. The highest BCUT2D eigenvalue weighted by molar-refractivity contribution is 5.92. The van der Waals surface area contributed by atoms with Crippen LogP contribution in [0.1, 0.15) is 10.5 Å². The average Bonchev–Trinajstić information content (AvgIpc) is 2.36. The molecule has 1 aromatic rings. The van der Waals surface area contributed by atoms with Crippen LogP contribution in [0.2, 0.25) is 0 Å². The molecule has 0 aromatic carbocycles. The van der Waals surface area contributed by atoms with Crippen molar-refractivity contribution in [1.29, 1.82) is 0 Å². The first-order valence-corrected chi connectivity index (χ1v) is 5.95. The van der Waals surface area contributed by atoms with Crippen LogP contribution in [0.15, 0.2) is 18.3 Å². The number of nitrogens with two attached hydrogens (primary N) is 1. The molecule has 1 unspecified atom stereocenters. The number of hydrogen-bond donors (Lipinski definition) is 2. The number of likely N-dealkylation sites (N-methyl/N-ethyl adjacent to an activating group) is 1. The molecule has 0 spiro atoms. The number of amides is 1. The third-order valence-electron chi connectivity index (χ3n) is 2.85. The largest absolute Gasteiger partial charge is 0.399 e. The van der Waals surface area contributed by atoms with E-state index in [4.69, 9.17) is 10.5 Å². The van der Waals surface area contributed by atoms with E-state index in [-0.39, 0.29) is 12.0 Å². The molecule has 18 heavy (non-hydrogen) atoms. The maximum Gasteiger partial charge on any atom is 0.270 e. The second-order valence-corrected chi connectivity index (χ2v) is 4.44. The molecule has 0 radical (unpaired) electrons. The van der Waals surface area contributed by atoms with Crippen LogP contribution in [0.4, 0.5) is 5.69 Å². The minimum absolute atomic E-state index is 0.0359. The SMILES string of the molecule is CN1CCOC(CNC(=O)c2cc(N)ccn2)C1. The van der Waals surface area contributed by atoms with E-state index in [0.717, 1.165) is 13.1 Å². The number of nitrogens with one attached hydrogen (secondary N) is 1. The molecular formula is C12H18N4O2. The molecule has 1 saturated heterocycles. The smallest absolute Gasteiger partial charge is 0.270 e. The molecule has 0 saturated carbocycles. The monoisotopic (exact) mass is 250 g/mol. The van der Waals surface area contributed by atoms with Crippen LogP contribution in [0.3, 0.4) is 0 Å². The summed E-state index contributed by atoms with van der Waals surface area (Å²) in [6.45, 7) is 2.94. The lowest BCUT2D eigenvalue weighted by molar-refractivity contribution is -0.0175. The number of rotatable bonds is 3. The second-order valence-electron chi connectivity index (χ2n) is 4.44. The van der Waals surface area contributed by atoms with Gasteiger partial charge in [-0.15, -0.1) is 0 Å². The van der Waals surface area contributed by atoms with Gasteiger partial charge in [0.15, 0.2) is 0 Å². The van der Waals surface area contributed by atoms with Crippen LogP contribution in [0.5, 0.6) is 0 Å². The molecule has 0 bridgehead atoms. The Bertz CT molecular complexity index is 424. The van der Waals surface area contributed by atoms with Gasteiger partial charge in [-0.25, -0.2) is 0 Å². The number of nitrogens with zero attached hydrogens (tertiary/aromatic N) is 2. The van der Waals surface area contributed by atoms with Gasteiger partial charge in [-0.3, -0.25) is 9.78 Å². The van der Waals surface area contributed by atoms with Gasteiger partial charge in [0.1, 0.15) is 5.69 Å². The minimum atomic E-state index is -0.223. The fraction of sp³-hybridized carbons (Fsp3) is 0.500. The van der Waals surface area contributed by atoms with Gasteiger partial charge >= 0.3 is 0 Å². The molecule has 1 aromatic heterocycles. The van der Waals surface area contributed by atoms with Crippen molar-refractivity contribution in [3.8, 4) is 0 Å². The zero-order valence-electron chi connectivity index (χ0n) is 10.4. The van der Waals surface area contributed by atoms with Crippen molar-refractivity contribution in [2.45, 2.75) is 6.10 Å². The van der Waals surface area contributed by atoms with Crippen molar-refractivity contribution in [3.05, 3.63) is 24.0 Å². The normalized spacial score (nSPS) is 20.6. The van der Waals surface area contributed by atoms with E-state index in [9.17, 15) is 4.79 Å². The molecule has 0 aliphatic carbocycles. The molecule has 1 amide bonds. The Hall–Kier alpha value is -1.66. The number of anilines is 1. The van der Waals surface area contributed by atoms with Crippen molar-refractivity contribution in [1.82, 2.24) is 15.2 Å². The molecule has 98 valence electrons. The molecule has 2 heterocycles. The summed E-state index contributed by atoms with van der Waals surface area (Å²) in [7, 11) is 2.04. The van der Waals surface area contributed by atoms with Gasteiger partial charge in [0.2, 0.25) is 0 Å². The fourth-order valence-electron chi connectivity index (χ4n) is 1.86. The molecule has 6 nitrogen and oxygen atoms in total. The van der Waals surface area contributed by atoms with Crippen molar-refractivity contribution in [2.75, 3.05) is 39.0 Å². The molecule has 3 N–H and O–H groups in total. The number of ether oxygens (including phenoxy) is 1. The molecule has 2 rings (SSSR count). The van der Waals surface area contributed by atoms with Crippen LogP contribution in [-0.4, -0.2) is 55.2 Å². The van der Waals surface area contributed by atoms with Crippen molar-refractivity contribution in [3.63, 3.8) is 0 Å². The van der Waals surface area contributed by atoms with E-state index in [2.05, 4.69) is 15.2 Å². The number of pyridine rings is 1. The summed E-state index contributed by atoms with van der Waals surface area (Å²) in [6, 6.07) is 3.21. The van der Waals surface area contributed by atoms with Crippen LogP contribution in [0, 0.1) is 0 Å². The van der Waals surface area contributed by atoms with Gasteiger partial charge in [0, 0.05) is 31.5 Å². The minimum Gasteiger partial charge on any atom is -0.399 e. The van der Waals surface area contributed by atoms with Crippen molar-refractivity contribution < 1.29 is 9.53 Å². The zero-order chi connectivity index (χ0) is 13.0. The second kappa shape index (κ2) is 5.79. The zero-order valence-corrected chi connectivity index (χ0v) is 10.4. The fourth-order valence-corrected chi connectivity index (χ4v) is 1.86. The van der Waals surface area contributed by atoms with Gasteiger partial charge in [0.25, 0.3) is 5.91 Å². The predicted molar refractivity (Wildman–Crippen MR) is 68.2 cm³/mol. The number of carbonyl (C=O) groups is 1. The highest BCUT2D eigenvalue weighted by Crippen LogP contribution is 2.04. The van der Waals surface area contributed by atoms with Crippen molar-refractivity contribution >= 4 is 11.6 Å². The average molecular weight is 250 g/mol. The van der Waals surface area contributed by atoms with E-state index in [1.165, 1.54) is 6.20 Å². The number of carbonyl (C=O) groups excluding carboxylic acids is 1. The third kappa shape index (κ3) is 3.41. The molecule has 1 aliphatic rings. The van der Waals surface area contributed by atoms with Gasteiger partial charge in [-0.2, -0.15) is 0 Å². The van der Waals surface area contributed by atoms with Crippen LogP contribution in [0.25, 0.3) is 0 Å². The summed E-state index contributed by atoms with van der Waals surface area (Å²) in [5, 5.41) is 2.81. The highest BCUT2D eigenvalue weighted by atomic mass is 16.5. The van der Waals surface area contributed by atoms with E-state index in [1.54, 1.807) is 12.1 Å². The van der Waals surface area contributed by atoms with Crippen LogP contribution in [-0.2, 0) is 4.74 Å². The predicted octanol–water partition coefficient (Wildman–Crippen LogP) is -0.276. The summed E-state index contributed by atoms with van der Waals surface area (Å²) in [4.78, 5) is 18.0. The van der Waals surface area contributed by atoms with Gasteiger partial charge < -0.3 is 20.7 Å². The molecular weight excluding hydrogens is 232 g/mol. The standard InChI is InChI=1S/C12H18N4O2/c1-16-4-5-18-10(8-16)7-15-12(17)11-6-9(13)2-3-14-11/h2-3,6,10H,4-5,7-8H2,1H3,(H2,13,14)(H,15,17). The topological polar surface area (TPSA) is 80.5 Å². The number of aromatic nitrogens is 1. The molecule has 1 fully saturated rings. The quantitative estimate of drug-likeness (QED) is 0.771. The Morgan fingerprint density at radius 2 is 2.56 bits per heavy atom. The third-order valence-corrected chi connectivity index (χ3v) is 2.85. The maximum atomic E-state index is 11.8. The Balaban J connectivity index is 1.84. The van der Waals surface area contributed by atoms with Gasteiger partial charge in [0.05, 0.1) is 12.7 Å². The summed E-state index contributed by atoms with van der Waals surface area (Å²) >= 11 is 0. The number of morpholine rings is 1. The van der Waals surface area contributed by atoms with E-state index >= 15 is 0 Å². The summed E-state index contributed by atoms with van der Waals surface area (Å²) in [6.07, 6.45) is 1.56. The molecule has 1 aliphatic heterocycles. The Morgan fingerprint density at radius 3 is 3.28 bits per heavy atom. The lowest BCUT2D eigenvalue weighted by Crippen LogP contribution is -2.46. The Kier molecular flexibility index (Phi) is 4.11. The summed E-state index contributed by atoms with van der Waals surface area (Å²) < 4.78 is 5.56. The number of hydrogen-bond acceptors (Lipinski definition) is 5. The number of nitrogen functional groups attached to an aromatic ring is 1. The summed E-state index contributed by atoms with van der Waals surface area (Å²) in [5.74, 6) is -0.223. The Morgan fingerprint density at radius 1 is 1.72 bits per heavy atom. The van der Waals surface area contributed by atoms with E-state index < -0.39 is 0 Å². The van der Waals surface area contributed by atoms with Crippen LogP contribution < -0.4 is 11.1 Å². The van der Waals surface area contributed by atoms with Crippen molar-refractivity contribution in [2.24, 2.45) is 0 Å². The van der Waals surface area contributed by atoms with Crippen LogP contribution >= 0.6 is 0 Å². The molecule has 1 atom stereocenters. The molecule has 6 heteroatoms. The van der Waals surface area contributed by atoms with Gasteiger partial charge in [-0.05, 0) is 19.2 Å². The first kappa shape index (κ1) is 12.8. The van der Waals surface area contributed by atoms with Gasteiger partial charge in [-0.1, -0.05) is 0 Å². The summed E-state index contributed by atoms with van der Waals surface area (Å²) in [5.41, 5.74) is 6.47. The van der Waals surface area contributed by atoms with E-state index in [1.807, 2.05) is 7.05 Å². The highest BCUT2D eigenvalue weighted by Gasteiger charge is 2.18. The maximum absolute atomic E-state index is 11.8. The Labute approximate surface area is 106 Å². The first-order chi connectivity index (χ1) is 8.65. The first-order valence-electron chi connectivity index (χ1n) is 5.95.